The molecule has 0 spiro atoms. The van der Waals surface area contributed by atoms with E-state index < -0.39 is 0 Å². The highest BCUT2D eigenvalue weighted by atomic mass is 16.6. The van der Waals surface area contributed by atoms with E-state index in [2.05, 4.69) is 72.8 Å². The van der Waals surface area contributed by atoms with Crippen LogP contribution in [-0.4, -0.2) is 65.1 Å². The smallest absolute Gasteiger partial charge is 0.119 e. The number of benzene rings is 3. The molecule has 2 unspecified atom stereocenters. The van der Waals surface area contributed by atoms with Crippen molar-refractivity contribution in [2.75, 3.05) is 52.9 Å². The Morgan fingerprint density at radius 2 is 1.16 bits per heavy atom. The molecule has 2 heterocycles. The third-order valence-electron chi connectivity index (χ3n) is 7.35. The number of hydrogen-bond acceptors (Lipinski definition) is 6. The molecule has 0 bridgehead atoms. The first-order chi connectivity index (χ1) is 18.3. The summed E-state index contributed by atoms with van der Waals surface area (Å²) >= 11 is 0. The quantitative estimate of drug-likeness (QED) is 0.238. The summed E-state index contributed by atoms with van der Waals surface area (Å²) in [6.45, 7) is 5.11. The average Bonchev–Trinajstić information content (AvgIpc) is 3.88. The highest BCUT2D eigenvalue weighted by molar-refractivity contribution is 5.57. The van der Waals surface area contributed by atoms with Gasteiger partial charge in [-0.25, -0.2) is 0 Å². The van der Waals surface area contributed by atoms with Crippen LogP contribution in [-0.2, 0) is 30.8 Å². The van der Waals surface area contributed by atoms with Crippen LogP contribution in [0.1, 0.15) is 28.7 Å². The molecular formula is C31H34O6. The maximum Gasteiger partial charge on any atom is 0.119 e. The standard InChI is InChI=1S/C31H34O6/c1-2-4-30-23(3-1)13-14-31(30,24-5-9-26(10-6-24)34-17-15-32-19-28-21-36-28)25-7-11-27(12-8-25)35-18-16-33-20-29-22-37-29/h1-12,28-29H,13-22H2. The van der Waals surface area contributed by atoms with E-state index in [9.17, 15) is 0 Å². The van der Waals surface area contributed by atoms with Crippen LogP contribution in [0.3, 0.4) is 0 Å². The Balaban J connectivity index is 1.15. The van der Waals surface area contributed by atoms with Crippen molar-refractivity contribution in [3.05, 3.63) is 95.1 Å². The Morgan fingerprint density at radius 3 is 1.68 bits per heavy atom. The highest BCUT2D eigenvalue weighted by Crippen LogP contribution is 2.49. The molecule has 3 aromatic carbocycles. The van der Waals surface area contributed by atoms with E-state index in [4.69, 9.17) is 28.4 Å². The van der Waals surface area contributed by atoms with Crippen molar-refractivity contribution in [2.24, 2.45) is 0 Å². The minimum atomic E-state index is -0.200. The van der Waals surface area contributed by atoms with Gasteiger partial charge in [0.15, 0.2) is 0 Å². The summed E-state index contributed by atoms with van der Waals surface area (Å²) in [5.74, 6) is 1.71. The SMILES string of the molecule is c1ccc2c(c1)CCC2(c1ccc(OCCOCC2CO2)cc1)c1ccc(OCCOCC2CO2)cc1. The third kappa shape index (κ3) is 5.83. The lowest BCUT2D eigenvalue weighted by Crippen LogP contribution is -2.26. The first kappa shape index (κ1) is 24.4. The molecule has 3 aromatic rings. The molecule has 2 atom stereocenters. The molecule has 6 nitrogen and oxygen atoms in total. The maximum absolute atomic E-state index is 5.92. The lowest BCUT2D eigenvalue weighted by molar-refractivity contribution is 0.0878. The number of epoxide rings is 2. The van der Waals surface area contributed by atoms with Gasteiger partial charge in [0.1, 0.15) is 36.9 Å². The molecule has 0 amide bonds. The van der Waals surface area contributed by atoms with Crippen LogP contribution in [0, 0.1) is 0 Å². The van der Waals surface area contributed by atoms with Crippen molar-refractivity contribution >= 4 is 0 Å². The fourth-order valence-corrected chi connectivity index (χ4v) is 5.24. The van der Waals surface area contributed by atoms with Gasteiger partial charge >= 0.3 is 0 Å². The monoisotopic (exact) mass is 502 g/mol. The number of fused-ring (bicyclic) bond motifs is 1. The predicted molar refractivity (Wildman–Crippen MR) is 140 cm³/mol. The summed E-state index contributed by atoms with van der Waals surface area (Å²) in [7, 11) is 0. The predicted octanol–water partition coefficient (Wildman–Crippen LogP) is 4.56. The normalized spacial score (nSPS) is 23.5. The molecule has 0 N–H and O–H groups in total. The molecule has 194 valence electrons. The molecular weight excluding hydrogens is 468 g/mol. The molecule has 2 aliphatic heterocycles. The lowest BCUT2D eigenvalue weighted by Gasteiger charge is -2.32. The van der Waals surface area contributed by atoms with Crippen LogP contribution in [0.15, 0.2) is 72.8 Å². The first-order valence-corrected chi connectivity index (χ1v) is 13.2. The lowest BCUT2D eigenvalue weighted by atomic mass is 9.70. The summed E-state index contributed by atoms with van der Waals surface area (Å²) in [5, 5.41) is 0. The van der Waals surface area contributed by atoms with Crippen LogP contribution in [0.2, 0.25) is 0 Å². The number of ether oxygens (including phenoxy) is 6. The van der Waals surface area contributed by atoms with Crippen molar-refractivity contribution in [2.45, 2.75) is 30.5 Å². The van der Waals surface area contributed by atoms with Crippen molar-refractivity contribution in [3.8, 4) is 11.5 Å². The van der Waals surface area contributed by atoms with Crippen LogP contribution in [0.5, 0.6) is 11.5 Å². The Bertz CT molecular complexity index is 1090. The van der Waals surface area contributed by atoms with E-state index in [1.165, 1.54) is 22.3 Å². The van der Waals surface area contributed by atoms with Crippen LogP contribution < -0.4 is 9.47 Å². The molecule has 1 aliphatic carbocycles. The summed E-state index contributed by atoms with van der Waals surface area (Å²) in [6.07, 6.45) is 2.65. The van der Waals surface area contributed by atoms with E-state index in [0.717, 1.165) is 37.6 Å². The Hall–Kier alpha value is -2.90. The van der Waals surface area contributed by atoms with E-state index in [-0.39, 0.29) is 17.6 Å². The van der Waals surface area contributed by atoms with Gasteiger partial charge in [-0.1, -0.05) is 48.5 Å². The third-order valence-corrected chi connectivity index (χ3v) is 7.35. The fraction of sp³-hybridized carbons (Fsp3) is 0.419. The summed E-state index contributed by atoms with van der Waals surface area (Å²) in [4.78, 5) is 0. The highest BCUT2D eigenvalue weighted by Gasteiger charge is 2.41. The van der Waals surface area contributed by atoms with Gasteiger partial charge in [0.2, 0.25) is 0 Å². The summed E-state index contributed by atoms with van der Waals surface area (Å²) in [5.41, 5.74) is 5.14. The van der Waals surface area contributed by atoms with Gasteiger partial charge in [-0.05, 0) is 59.4 Å². The first-order valence-electron chi connectivity index (χ1n) is 13.2. The molecule has 0 radical (unpaired) electrons. The number of hydrogen-bond donors (Lipinski definition) is 0. The van der Waals surface area contributed by atoms with Gasteiger partial charge in [0.25, 0.3) is 0 Å². The second-order valence-corrected chi connectivity index (χ2v) is 9.87. The topological polar surface area (TPSA) is 62.0 Å². The molecule has 6 rings (SSSR count). The summed E-state index contributed by atoms with van der Waals surface area (Å²) < 4.78 is 33.3. The zero-order valence-electron chi connectivity index (χ0n) is 21.1. The molecule has 2 saturated heterocycles. The number of aryl methyl sites for hydroxylation is 1. The van der Waals surface area contributed by atoms with Crippen molar-refractivity contribution in [3.63, 3.8) is 0 Å². The van der Waals surface area contributed by atoms with Crippen LogP contribution in [0.25, 0.3) is 0 Å². The zero-order valence-corrected chi connectivity index (χ0v) is 21.1. The van der Waals surface area contributed by atoms with E-state index in [0.29, 0.717) is 39.6 Å². The zero-order chi connectivity index (χ0) is 24.9. The largest absolute Gasteiger partial charge is 0.491 e. The number of rotatable bonds is 14. The molecule has 0 saturated carbocycles. The van der Waals surface area contributed by atoms with Gasteiger partial charge in [0.05, 0.1) is 39.6 Å². The van der Waals surface area contributed by atoms with E-state index in [1.54, 1.807) is 0 Å². The van der Waals surface area contributed by atoms with Crippen molar-refractivity contribution in [1.82, 2.24) is 0 Å². The van der Waals surface area contributed by atoms with Gasteiger partial charge in [-0.2, -0.15) is 0 Å². The van der Waals surface area contributed by atoms with Gasteiger partial charge < -0.3 is 28.4 Å². The molecule has 2 fully saturated rings. The Kier molecular flexibility index (Phi) is 7.42. The van der Waals surface area contributed by atoms with Gasteiger partial charge in [-0.15, -0.1) is 0 Å². The summed E-state index contributed by atoms with van der Waals surface area (Å²) in [6, 6.07) is 26.0. The van der Waals surface area contributed by atoms with Crippen LogP contribution >= 0.6 is 0 Å². The van der Waals surface area contributed by atoms with Crippen molar-refractivity contribution < 1.29 is 28.4 Å². The van der Waals surface area contributed by atoms with E-state index in [1.807, 2.05) is 0 Å². The molecule has 6 heteroatoms. The minimum absolute atomic E-state index is 0.200. The minimum Gasteiger partial charge on any atom is -0.491 e. The fourth-order valence-electron chi connectivity index (χ4n) is 5.24. The maximum atomic E-state index is 5.92. The van der Waals surface area contributed by atoms with Gasteiger partial charge in [0, 0.05) is 5.41 Å². The van der Waals surface area contributed by atoms with Crippen LogP contribution in [0.4, 0.5) is 0 Å². The molecule has 37 heavy (non-hydrogen) atoms. The molecule has 3 aliphatic rings. The second-order valence-electron chi connectivity index (χ2n) is 9.87. The van der Waals surface area contributed by atoms with Gasteiger partial charge in [-0.3, -0.25) is 0 Å². The molecule has 0 aromatic heterocycles. The van der Waals surface area contributed by atoms with Crippen molar-refractivity contribution in [1.29, 1.82) is 0 Å². The Morgan fingerprint density at radius 1 is 0.649 bits per heavy atom. The van der Waals surface area contributed by atoms with E-state index >= 15 is 0 Å². The second kappa shape index (κ2) is 11.2. The average molecular weight is 503 g/mol. The Labute approximate surface area is 218 Å².